The van der Waals surface area contributed by atoms with Crippen LogP contribution in [0.25, 0.3) is 0 Å². The Morgan fingerprint density at radius 2 is 2.17 bits per heavy atom. The molecule has 2 aromatic rings. The van der Waals surface area contributed by atoms with Crippen LogP contribution >= 0.6 is 0 Å². The van der Waals surface area contributed by atoms with Crippen molar-refractivity contribution in [3.8, 4) is 5.75 Å². The minimum atomic E-state index is -3.62. The van der Waals surface area contributed by atoms with Gasteiger partial charge >= 0.3 is 0 Å². The van der Waals surface area contributed by atoms with Gasteiger partial charge in [0.1, 0.15) is 10.6 Å². The standard InChI is InChI=1S/C11H13N3O3S/c1-8-11(7-12-13-8)18(15,16)14-9-4-3-5-10(6-9)17-2/h3-7,14H,1-2H3,(H,12,13). The van der Waals surface area contributed by atoms with Gasteiger partial charge in [-0.05, 0) is 19.1 Å². The average molecular weight is 267 g/mol. The number of nitrogens with one attached hydrogen (secondary N) is 2. The third-order valence-corrected chi connectivity index (χ3v) is 3.89. The number of anilines is 1. The van der Waals surface area contributed by atoms with Crippen molar-refractivity contribution in [3.05, 3.63) is 36.2 Å². The summed E-state index contributed by atoms with van der Waals surface area (Å²) in [6.07, 6.45) is 1.28. The van der Waals surface area contributed by atoms with Gasteiger partial charge in [0.2, 0.25) is 0 Å². The predicted molar refractivity (Wildman–Crippen MR) is 67.1 cm³/mol. The fourth-order valence-corrected chi connectivity index (χ4v) is 2.69. The van der Waals surface area contributed by atoms with Gasteiger partial charge in [-0.1, -0.05) is 6.07 Å². The third kappa shape index (κ3) is 2.45. The third-order valence-electron chi connectivity index (χ3n) is 2.40. The summed E-state index contributed by atoms with van der Waals surface area (Å²) in [5, 5.41) is 6.28. The van der Waals surface area contributed by atoms with Crippen LogP contribution in [0.15, 0.2) is 35.4 Å². The molecular weight excluding hydrogens is 254 g/mol. The van der Waals surface area contributed by atoms with Gasteiger partial charge in [0.15, 0.2) is 0 Å². The molecule has 0 radical (unpaired) electrons. The molecular formula is C11H13N3O3S. The van der Waals surface area contributed by atoms with Gasteiger partial charge in [-0.3, -0.25) is 9.82 Å². The topological polar surface area (TPSA) is 84.1 Å². The number of methoxy groups -OCH3 is 1. The molecule has 0 fully saturated rings. The van der Waals surface area contributed by atoms with Crippen molar-refractivity contribution >= 4 is 15.7 Å². The molecule has 2 rings (SSSR count). The van der Waals surface area contributed by atoms with E-state index in [-0.39, 0.29) is 4.90 Å². The minimum absolute atomic E-state index is 0.130. The van der Waals surface area contributed by atoms with Gasteiger partial charge in [-0.2, -0.15) is 5.10 Å². The van der Waals surface area contributed by atoms with Crippen molar-refractivity contribution in [2.75, 3.05) is 11.8 Å². The second-order valence-corrected chi connectivity index (χ2v) is 5.35. The van der Waals surface area contributed by atoms with Crippen LogP contribution in [0.4, 0.5) is 5.69 Å². The van der Waals surface area contributed by atoms with Crippen LogP contribution < -0.4 is 9.46 Å². The van der Waals surface area contributed by atoms with Crippen LogP contribution in [0.5, 0.6) is 5.75 Å². The van der Waals surface area contributed by atoms with E-state index in [1.807, 2.05) is 0 Å². The number of nitrogens with zero attached hydrogens (tertiary/aromatic N) is 1. The summed E-state index contributed by atoms with van der Waals surface area (Å²) < 4.78 is 31.6. The number of aromatic amines is 1. The molecule has 1 aromatic heterocycles. The molecule has 1 heterocycles. The van der Waals surface area contributed by atoms with E-state index < -0.39 is 10.0 Å². The SMILES string of the molecule is COc1cccc(NS(=O)(=O)c2cn[nH]c2C)c1. The first-order valence-electron chi connectivity index (χ1n) is 5.20. The molecule has 2 N–H and O–H groups in total. The Morgan fingerprint density at radius 3 is 2.78 bits per heavy atom. The quantitative estimate of drug-likeness (QED) is 0.879. The Morgan fingerprint density at radius 1 is 1.39 bits per heavy atom. The summed E-state index contributed by atoms with van der Waals surface area (Å²) in [7, 11) is -2.10. The number of aromatic nitrogens is 2. The summed E-state index contributed by atoms with van der Waals surface area (Å²) in [4.78, 5) is 0.130. The highest BCUT2D eigenvalue weighted by Crippen LogP contribution is 2.21. The Balaban J connectivity index is 2.31. The molecule has 0 unspecified atom stereocenters. The maximum atomic E-state index is 12.1. The van der Waals surface area contributed by atoms with Crippen molar-refractivity contribution in [2.24, 2.45) is 0 Å². The van der Waals surface area contributed by atoms with Gasteiger partial charge in [0, 0.05) is 6.07 Å². The summed E-state index contributed by atoms with van der Waals surface area (Å²) in [5.41, 5.74) is 0.931. The molecule has 96 valence electrons. The summed E-state index contributed by atoms with van der Waals surface area (Å²) in [5.74, 6) is 0.583. The van der Waals surface area contributed by atoms with Gasteiger partial charge in [-0.15, -0.1) is 0 Å². The maximum absolute atomic E-state index is 12.1. The lowest BCUT2D eigenvalue weighted by atomic mass is 10.3. The molecule has 0 saturated heterocycles. The first kappa shape index (κ1) is 12.4. The van der Waals surface area contributed by atoms with Crippen LogP contribution in [0, 0.1) is 6.92 Å². The lowest BCUT2D eigenvalue weighted by molar-refractivity contribution is 0.415. The van der Waals surface area contributed by atoms with Crippen molar-refractivity contribution in [2.45, 2.75) is 11.8 Å². The van der Waals surface area contributed by atoms with Crippen LogP contribution in [-0.4, -0.2) is 25.7 Å². The Bertz CT molecular complexity index is 649. The average Bonchev–Trinajstić information content (AvgIpc) is 2.76. The molecule has 0 atom stereocenters. The van der Waals surface area contributed by atoms with E-state index >= 15 is 0 Å². The minimum Gasteiger partial charge on any atom is -0.497 e. The number of hydrogen-bond donors (Lipinski definition) is 2. The number of ether oxygens (including phenoxy) is 1. The monoisotopic (exact) mass is 267 g/mol. The molecule has 0 spiro atoms. The molecule has 0 amide bonds. The summed E-state index contributed by atoms with van der Waals surface area (Å²) >= 11 is 0. The Kier molecular flexibility index (Phi) is 3.24. The highest BCUT2D eigenvalue weighted by atomic mass is 32.2. The predicted octanol–water partition coefficient (Wildman–Crippen LogP) is 1.53. The number of hydrogen-bond acceptors (Lipinski definition) is 4. The fourth-order valence-electron chi connectivity index (χ4n) is 1.51. The zero-order chi connectivity index (χ0) is 13.2. The first-order valence-corrected chi connectivity index (χ1v) is 6.68. The number of sulfonamides is 1. The van der Waals surface area contributed by atoms with E-state index in [4.69, 9.17) is 4.74 Å². The molecule has 1 aromatic carbocycles. The van der Waals surface area contributed by atoms with E-state index in [0.717, 1.165) is 0 Å². The Hall–Kier alpha value is -2.02. The highest BCUT2D eigenvalue weighted by Gasteiger charge is 2.18. The lowest BCUT2D eigenvalue weighted by Gasteiger charge is -2.08. The summed E-state index contributed by atoms with van der Waals surface area (Å²) in [6, 6.07) is 6.70. The fraction of sp³-hybridized carbons (Fsp3) is 0.182. The molecule has 18 heavy (non-hydrogen) atoms. The maximum Gasteiger partial charge on any atom is 0.265 e. The van der Waals surface area contributed by atoms with Crippen molar-refractivity contribution < 1.29 is 13.2 Å². The molecule has 0 bridgehead atoms. The molecule has 0 aliphatic heterocycles. The number of aryl methyl sites for hydroxylation is 1. The van der Waals surface area contributed by atoms with Gasteiger partial charge in [-0.25, -0.2) is 8.42 Å². The smallest absolute Gasteiger partial charge is 0.265 e. The molecule has 0 aliphatic carbocycles. The van der Waals surface area contributed by atoms with E-state index in [1.165, 1.54) is 13.3 Å². The normalized spacial score (nSPS) is 11.2. The number of benzene rings is 1. The Labute approximate surface area is 105 Å². The zero-order valence-corrected chi connectivity index (χ0v) is 10.8. The number of rotatable bonds is 4. The number of H-pyrrole nitrogens is 1. The molecule has 7 heteroatoms. The summed E-state index contributed by atoms with van der Waals surface area (Å²) in [6.45, 7) is 1.65. The zero-order valence-electron chi connectivity index (χ0n) is 9.97. The second kappa shape index (κ2) is 4.69. The van der Waals surface area contributed by atoms with Gasteiger partial charge < -0.3 is 4.74 Å². The van der Waals surface area contributed by atoms with E-state index in [2.05, 4.69) is 14.9 Å². The van der Waals surface area contributed by atoms with Crippen LogP contribution in [0.3, 0.4) is 0 Å². The molecule has 6 nitrogen and oxygen atoms in total. The van der Waals surface area contributed by atoms with E-state index in [0.29, 0.717) is 17.1 Å². The lowest BCUT2D eigenvalue weighted by Crippen LogP contribution is -2.13. The van der Waals surface area contributed by atoms with E-state index in [1.54, 1.807) is 31.2 Å². The molecule has 0 aliphatic rings. The highest BCUT2D eigenvalue weighted by molar-refractivity contribution is 7.92. The van der Waals surface area contributed by atoms with Crippen LogP contribution in [-0.2, 0) is 10.0 Å². The molecule has 0 saturated carbocycles. The van der Waals surface area contributed by atoms with Crippen molar-refractivity contribution in [1.82, 2.24) is 10.2 Å². The van der Waals surface area contributed by atoms with Crippen LogP contribution in [0.1, 0.15) is 5.69 Å². The second-order valence-electron chi connectivity index (χ2n) is 3.70. The van der Waals surface area contributed by atoms with Crippen LogP contribution in [0.2, 0.25) is 0 Å². The van der Waals surface area contributed by atoms with Crippen molar-refractivity contribution in [3.63, 3.8) is 0 Å². The largest absolute Gasteiger partial charge is 0.497 e. The first-order chi connectivity index (χ1) is 8.53. The van der Waals surface area contributed by atoms with Crippen molar-refractivity contribution in [1.29, 1.82) is 0 Å². The van der Waals surface area contributed by atoms with Gasteiger partial charge in [0.05, 0.1) is 24.7 Å². The van der Waals surface area contributed by atoms with Gasteiger partial charge in [0.25, 0.3) is 10.0 Å². The van der Waals surface area contributed by atoms with E-state index in [9.17, 15) is 8.42 Å².